The molecule has 39 heavy (non-hydrogen) atoms. The standard InChI is InChI=1S/C30H40N2O6S/c1-5-7-8-9-18-38-29(36)24-23-19-20(3)30(39-23)25(24)27(34)32(16-10-17-33)26(30)28(35)31(15-6-2)21-11-13-22(37-4)14-12-21/h5-6,11-14,20,23-26,33H,1-2,7-10,15-19H2,3-4H3/t20?,23-,24+,25-,26?,30?/m0/s1. The lowest BCUT2D eigenvalue weighted by Crippen LogP contribution is -2.57. The molecule has 0 aromatic heterocycles. The van der Waals surface area contributed by atoms with E-state index in [-0.39, 0.29) is 48.6 Å². The molecule has 3 aliphatic rings. The van der Waals surface area contributed by atoms with Crippen molar-refractivity contribution in [3.8, 4) is 5.75 Å². The fourth-order valence-electron chi connectivity index (χ4n) is 6.57. The molecule has 0 saturated carbocycles. The lowest BCUT2D eigenvalue weighted by molar-refractivity contribution is -0.154. The average Bonchev–Trinajstić information content (AvgIpc) is 3.53. The number of carbonyl (C=O) groups excluding carboxylic acids is 3. The maximum absolute atomic E-state index is 14.5. The molecule has 0 radical (unpaired) electrons. The number of anilines is 1. The number of ether oxygens (including phenoxy) is 2. The number of nitrogens with zero attached hydrogens (tertiary/aromatic N) is 2. The number of aliphatic hydroxyl groups excluding tert-OH is 1. The van der Waals surface area contributed by atoms with Crippen LogP contribution in [-0.4, -0.2) is 77.2 Å². The summed E-state index contributed by atoms with van der Waals surface area (Å²) in [4.78, 5) is 45.2. The van der Waals surface area contributed by atoms with Gasteiger partial charge in [-0.25, -0.2) is 0 Å². The van der Waals surface area contributed by atoms with Gasteiger partial charge < -0.3 is 24.4 Å². The van der Waals surface area contributed by atoms with Gasteiger partial charge in [0.2, 0.25) is 5.91 Å². The molecule has 4 rings (SSSR count). The number of esters is 1. The van der Waals surface area contributed by atoms with Crippen molar-refractivity contribution in [1.29, 1.82) is 0 Å². The first kappa shape index (κ1) is 29.2. The number of likely N-dealkylation sites (tertiary alicyclic amines) is 1. The largest absolute Gasteiger partial charge is 0.497 e. The fraction of sp³-hybridized carbons (Fsp3) is 0.567. The van der Waals surface area contributed by atoms with Crippen LogP contribution >= 0.6 is 11.8 Å². The summed E-state index contributed by atoms with van der Waals surface area (Å²) in [5.41, 5.74) is 0.677. The third kappa shape index (κ3) is 5.23. The van der Waals surface area contributed by atoms with Crippen molar-refractivity contribution in [2.45, 2.75) is 55.1 Å². The van der Waals surface area contributed by atoms with Crippen molar-refractivity contribution in [2.24, 2.45) is 17.8 Å². The molecule has 6 atom stereocenters. The summed E-state index contributed by atoms with van der Waals surface area (Å²) < 4.78 is 10.2. The number of methoxy groups -OCH3 is 1. The van der Waals surface area contributed by atoms with E-state index in [4.69, 9.17) is 9.47 Å². The summed E-state index contributed by atoms with van der Waals surface area (Å²) in [7, 11) is 1.59. The lowest BCUT2D eigenvalue weighted by atomic mass is 9.66. The first-order valence-corrected chi connectivity index (χ1v) is 14.7. The Kier molecular flexibility index (Phi) is 9.43. The van der Waals surface area contributed by atoms with Gasteiger partial charge in [-0.05, 0) is 62.3 Å². The van der Waals surface area contributed by atoms with Gasteiger partial charge in [0.25, 0.3) is 5.91 Å². The predicted molar refractivity (Wildman–Crippen MR) is 153 cm³/mol. The highest BCUT2D eigenvalue weighted by atomic mass is 32.2. The highest BCUT2D eigenvalue weighted by Gasteiger charge is 2.76. The molecule has 2 bridgehead atoms. The number of hydrogen-bond acceptors (Lipinski definition) is 7. The summed E-state index contributed by atoms with van der Waals surface area (Å²) >= 11 is 1.62. The number of rotatable bonds is 14. The zero-order valence-electron chi connectivity index (χ0n) is 22.9. The summed E-state index contributed by atoms with van der Waals surface area (Å²) in [6.07, 6.45) is 7.09. The molecule has 3 fully saturated rings. The van der Waals surface area contributed by atoms with Crippen molar-refractivity contribution in [1.82, 2.24) is 4.90 Å². The molecule has 212 valence electrons. The molecule has 3 unspecified atom stereocenters. The predicted octanol–water partition coefficient (Wildman–Crippen LogP) is 3.83. The number of thioether (sulfide) groups is 1. The smallest absolute Gasteiger partial charge is 0.310 e. The molecule has 9 heteroatoms. The molecule has 1 N–H and O–H groups in total. The highest BCUT2D eigenvalue weighted by Crippen LogP contribution is 2.68. The summed E-state index contributed by atoms with van der Waals surface area (Å²) in [6.45, 7) is 10.4. The Morgan fingerprint density at radius 1 is 1.21 bits per heavy atom. The molecule has 8 nitrogen and oxygen atoms in total. The molecule has 0 aliphatic carbocycles. The number of aliphatic hydroxyl groups is 1. The van der Waals surface area contributed by atoms with Crippen LogP contribution in [0.2, 0.25) is 0 Å². The van der Waals surface area contributed by atoms with E-state index in [0.717, 1.165) is 25.7 Å². The minimum Gasteiger partial charge on any atom is -0.497 e. The third-order valence-electron chi connectivity index (χ3n) is 8.32. The SMILES string of the molecule is C=CCCCCOC(=O)[C@@H]1[C@@H]2CC(C)C3(S2)C(C(=O)N(CC=C)c2ccc(OC)cc2)N(CCCO)C(=O)[C@H]13. The van der Waals surface area contributed by atoms with Crippen molar-refractivity contribution < 1.29 is 29.0 Å². The van der Waals surface area contributed by atoms with Crippen LogP contribution in [0, 0.1) is 17.8 Å². The Morgan fingerprint density at radius 2 is 1.95 bits per heavy atom. The minimum atomic E-state index is -0.765. The quantitative estimate of drug-likeness (QED) is 0.211. The Labute approximate surface area is 235 Å². The Hall–Kier alpha value is -2.78. The second kappa shape index (κ2) is 12.6. The van der Waals surface area contributed by atoms with Crippen LogP contribution in [0.3, 0.4) is 0 Å². The van der Waals surface area contributed by atoms with E-state index in [1.165, 1.54) is 0 Å². The van der Waals surface area contributed by atoms with Crippen molar-refractivity contribution in [2.75, 3.05) is 38.3 Å². The van der Waals surface area contributed by atoms with E-state index in [1.807, 2.05) is 18.2 Å². The van der Waals surface area contributed by atoms with Gasteiger partial charge in [-0.15, -0.1) is 24.9 Å². The van der Waals surface area contributed by atoms with Gasteiger partial charge in [0.1, 0.15) is 11.8 Å². The van der Waals surface area contributed by atoms with Gasteiger partial charge in [-0.3, -0.25) is 14.4 Å². The Morgan fingerprint density at radius 3 is 2.59 bits per heavy atom. The molecule has 1 aromatic rings. The number of benzene rings is 1. The van der Waals surface area contributed by atoms with Crippen molar-refractivity contribution >= 4 is 35.2 Å². The third-order valence-corrected chi connectivity index (χ3v) is 10.4. The number of carbonyl (C=O) groups is 3. The van der Waals surface area contributed by atoms with E-state index >= 15 is 0 Å². The molecule has 1 spiro atoms. The monoisotopic (exact) mass is 556 g/mol. The van der Waals surface area contributed by atoms with Crippen LogP contribution in [-0.2, 0) is 19.1 Å². The molecule has 2 amide bonds. The van der Waals surface area contributed by atoms with E-state index in [1.54, 1.807) is 46.9 Å². The summed E-state index contributed by atoms with van der Waals surface area (Å²) in [5, 5.41) is 9.53. The van der Waals surface area contributed by atoms with E-state index in [9.17, 15) is 19.5 Å². The number of fused-ring (bicyclic) bond motifs is 1. The molecular weight excluding hydrogens is 516 g/mol. The second-order valence-electron chi connectivity index (χ2n) is 10.5. The highest BCUT2D eigenvalue weighted by molar-refractivity contribution is 8.02. The van der Waals surface area contributed by atoms with Gasteiger partial charge >= 0.3 is 5.97 Å². The van der Waals surface area contributed by atoms with E-state index < -0.39 is 22.6 Å². The molecule has 3 aliphatic heterocycles. The Bertz CT molecular complexity index is 1080. The molecular formula is C30H40N2O6S. The maximum atomic E-state index is 14.5. The number of allylic oxidation sites excluding steroid dienone is 1. The van der Waals surface area contributed by atoms with Gasteiger partial charge in [-0.2, -0.15) is 0 Å². The van der Waals surface area contributed by atoms with E-state index in [2.05, 4.69) is 20.1 Å². The first-order valence-electron chi connectivity index (χ1n) is 13.8. The zero-order valence-corrected chi connectivity index (χ0v) is 23.7. The van der Waals surface area contributed by atoms with Gasteiger partial charge in [0.15, 0.2) is 0 Å². The van der Waals surface area contributed by atoms with Crippen LogP contribution in [0.15, 0.2) is 49.6 Å². The molecule has 3 heterocycles. The van der Waals surface area contributed by atoms with Gasteiger partial charge in [0, 0.05) is 30.6 Å². The molecule has 1 aromatic carbocycles. The van der Waals surface area contributed by atoms with Crippen molar-refractivity contribution in [3.63, 3.8) is 0 Å². The molecule has 3 saturated heterocycles. The van der Waals surface area contributed by atoms with Crippen LogP contribution in [0.25, 0.3) is 0 Å². The van der Waals surface area contributed by atoms with Crippen LogP contribution in [0.4, 0.5) is 5.69 Å². The normalized spacial score (nSPS) is 28.7. The van der Waals surface area contributed by atoms with Crippen LogP contribution in [0.5, 0.6) is 5.75 Å². The van der Waals surface area contributed by atoms with Gasteiger partial charge in [-0.1, -0.05) is 19.1 Å². The lowest BCUT2D eigenvalue weighted by Gasteiger charge is -2.40. The van der Waals surface area contributed by atoms with Gasteiger partial charge in [0.05, 0.1) is 30.3 Å². The number of amides is 2. The van der Waals surface area contributed by atoms with E-state index in [0.29, 0.717) is 24.5 Å². The maximum Gasteiger partial charge on any atom is 0.310 e. The number of hydrogen-bond donors (Lipinski definition) is 1. The summed E-state index contributed by atoms with van der Waals surface area (Å²) in [6, 6.07) is 6.46. The first-order chi connectivity index (χ1) is 18.8. The van der Waals surface area contributed by atoms with Crippen LogP contribution < -0.4 is 9.64 Å². The topological polar surface area (TPSA) is 96.4 Å². The fourth-order valence-corrected chi connectivity index (χ4v) is 8.97. The zero-order chi connectivity index (χ0) is 28.2. The Balaban J connectivity index is 1.68. The average molecular weight is 557 g/mol. The summed E-state index contributed by atoms with van der Waals surface area (Å²) in [5.74, 6) is -1.22. The van der Waals surface area contributed by atoms with Crippen molar-refractivity contribution in [3.05, 3.63) is 49.6 Å². The minimum absolute atomic E-state index is 0.0487. The number of unbranched alkanes of at least 4 members (excludes halogenated alkanes) is 2. The second-order valence-corrected chi connectivity index (χ2v) is 12.1. The van der Waals surface area contributed by atoms with Crippen LogP contribution in [0.1, 0.15) is 39.0 Å².